The van der Waals surface area contributed by atoms with E-state index < -0.39 is 0 Å². The lowest BCUT2D eigenvalue weighted by atomic mass is 10.00. The molecule has 0 N–H and O–H groups in total. The maximum atomic E-state index is 10.9. The SMILES string of the molecule is O=Cc1ccc(-c2ccccc2CCc2ccc3ccccc3n2)o1. The molecule has 4 rings (SSSR count). The second-order valence-corrected chi connectivity index (χ2v) is 5.97. The van der Waals surface area contributed by atoms with Crippen molar-refractivity contribution in [3.05, 3.63) is 89.8 Å². The summed E-state index contributed by atoms with van der Waals surface area (Å²) in [4.78, 5) is 15.6. The molecule has 0 aliphatic rings. The van der Waals surface area contributed by atoms with Gasteiger partial charge in [-0.15, -0.1) is 0 Å². The number of carbonyl (C=O) groups excluding carboxylic acids is 1. The number of hydrogen-bond acceptors (Lipinski definition) is 3. The van der Waals surface area contributed by atoms with E-state index in [2.05, 4.69) is 24.3 Å². The highest BCUT2D eigenvalue weighted by atomic mass is 16.3. The minimum absolute atomic E-state index is 0.348. The Morgan fingerprint density at radius 2 is 1.68 bits per heavy atom. The summed E-state index contributed by atoms with van der Waals surface area (Å²) in [7, 11) is 0. The first kappa shape index (κ1) is 15.3. The number of pyridine rings is 1. The normalized spacial score (nSPS) is 10.9. The van der Waals surface area contributed by atoms with Crippen LogP contribution in [0.1, 0.15) is 21.8 Å². The molecule has 0 unspecified atom stereocenters. The molecule has 0 aliphatic carbocycles. The van der Waals surface area contributed by atoms with Gasteiger partial charge in [0.2, 0.25) is 0 Å². The first-order valence-electron chi connectivity index (χ1n) is 8.31. The van der Waals surface area contributed by atoms with E-state index in [9.17, 15) is 4.79 Å². The molecule has 0 atom stereocenters. The van der Waals surface area contributed by atoms with E-state index in [0.29, 0.717) is 5.76 Å². The molecule has 0 radical (unpaired) electrons. The molecule has 0 saturated heterocycles. The fourth-order valence-corrected chi connectivity index (χ4v) is 3.05. The Morgan fingerprint density at radius 1 is 0.840 bits per heavy atom. The van der Waals surface area contributed by atoms with Crippen LogP contribution in [0.4, 0.5) is 0 Å². The van der Waals surface area contributed by atoms with E-state index >= 15 is 0 Å². The van der Waals surface area contributed by atoms with Crippen molar-refractivity contribution in [2.24, 2.45) is 0 Å². The monoisotopic (exact) mass is 327 g/mol. The Morgan fingerprint density at radius 3 is 2.56 bits per heavy atom. The lowest BCUT2D eigenvalue weighted by molar-refractivity contribution is 0.110. The number of aromatic nitrogens is 1. The smallest absolute Gasteiger partial charge is 0.185 e. The Bertz CT molecular complexity index is 1030. The maximum absolute atomic E-state index is 10.9. The fraction of sp³-hybridized carbons (Fsp3) is 0.0909. The van der Waals surface area contributed by atoms with Gasteiger partial charge in [-0.1, -0.05) is 48.5 Å². The van der Waals surface area contributed by atoms with Crippen LogP contribution < -0.4 is 0 Å². The lowest BCUT2D eigenvalue weighted by Gasteiger charge is -2.08. The zero-order valence-electron chi connectivity index (χ0n) is 13.7. The van der Waals surface area contributed by atoms with Crippen LogP contribution in [0.15, 0.2) is 77.2 Å². The van der Waals surface area contributed by atoms with Crippen molar-refractivity contribution >= 4 is 17.2 Å². The van der Waals surface area contributed by atoms with Crippen LogP contribution >= 0.6 is 0 Å². The van der Waals surface area contributed by atoms with E-state index in [1.807, 2.05) is 42.5 Å². The molecule has 2 aromatic carbocycles. The molecule has 2 heterocycles. The third-order valence-corrected chi connectivity index (χ3v) is 4.33. The quantitative estimate of drug-likeness (QED) is 0.479. The number of aryl methyl sites for hydroxylation is 2. The third kappa shape index (κ3) is 3.22. The Hall–Kier alpha value is -3.20. The van der Waals surface area contributed by atoms with Crippen LogP contribution in [0.25, 0.3) is 22.2 Å². The van der Waals surface area contributed by atoms with E-state index in [1.54, 1.807) is 6.07 Å². The van der Waals surface area contributed by atoms with Gasteiger partial charge in [-0.05, 0) is 42.7 Å². The number of carbonyl (C=O) groups is 1. The van der Waals surface area contributed by atoms with E-state index in [0.717, 1.165) is 47.0 Å². The Balaban J connectivity index is 1.59. The molecule has 3 heteroatoms. The van der Waals surface area contributed by atoms with E-state index in [4.69, 9.17) is 9.40 Å². The van der Waals surface area contributed by atoms with Crippen LogP contribution in [-0.4, -0.2) is 11.3 Å². The average Bonchev–Trinajstić information content (AvgIpc) is 3.15. The summed E-state index contributed by atoms with van der Waals surface area (Å²) in [5, 5.41) is 1.16. The highest BCUT2D eigenvalue weighted by Gasteiger charge is 2.09. The molecule has 2 aromatic heterocycles. The molecule has 3 nitrogen and oxygen atoms in total. The van der Waals surface area contributed by atoms with Gasteiger partial charge in [-0.25, -0.2) is 0 Å². The van der Waals surface area contributed by atoms with Crippen molar-refractivity contribution in [2.45, 2.75) is 12.8 Å². The number of nitrogens with zero attached hydrogens (tertiary/aromatic N) is 1. The molecule has 4 aromatic rings. The zero-order valence-corrected chi connectivity index (χ0v) is 13.7. The molecule has 0 saturated carbocycles. The second kappa shape index (κ2) is 6.73. The number of rotatable bonds is 5. The number of benzene rings is 2. The lowest BCUT2D eigenvalue weighted by Crippen LogP contribution is -1.96. The molecular formula is C22H17NO2. The van der Waals surface area contributed by atoms with Crippen molar-refractivity contribution in [2.75, 3.05) is 0 Å². The molecule has 0 fully saturated rings. The predicted octanol–water partition coefficient (Wildman–Crippen LogP) is 5.09. The van der Waals surface area contributed by atoms with E-state index in [1.165, 1.54) is 5.56 Å². The zero-order chi connectivity index (χ0) is 17.1. The first-order chi connectivity index (χ1) is 12.3. The summed E-state index contributed by atoms with van der Waals surface area (Å²) < 4.78 is 5.59. The van der Waals surface area contributed by atoms with Gasteiger partial charge in [-0.2, -0.15) is 0 Å². The molecule has 25 heavy (non-hydrogen) atoms. The van der Waals surface area contributed by atoms with Gasteiger partial charge < -0.3 is 4.42 Å². The fourth-order valence-electron chi connectivity index (χ4n) is 3.05. The number of para-hydroxylation sites is 1. The predicted molar refractivity (Wildman–Crippen MR) is 98.7 cm³/mol. The van der Waals surface area contributed by atoms with Crippen molar-refractivity contribution < 1.29 is 9.21 Å². The van der Waals surface area contributed by atoms with Crippen molar-refractivity contribution in [1.29, 1.82) is 0 Å². The van der Waals surface area contributed by atoms with Gasteiger partial charge >= 0.3 is 0 Å². The topological polar surface area (TPSA) is 43.1 Å². The summed E-state index contributed by atoms with van der Waals surface area (Å²) >= 11 is 0. The van der Waals surface area contributed by atoms with Crippen LogP contribution in [0.2, 0.25) is 0 Å². The van der Waals surface area contributed by atoms with Gasteiger partial charge in [0.15, 0.2) is 12.0 Å². The van der Waals surface area contributed by atoms with Crippen LogP contribution in [0.5, 0.6) is 0 Å². The highest BCUT2D eigenvalue weighted by Crippen LogP contribution is 2.26. The van der Waals surface area contributed by atoms with Gasteiger partial charge in [0, 0.05) is 16.6 Å². The molecule has 0 aliphatic heterocycles. The summed E-state index contributed by atoms with van der Waals surface area (Å²) in [5.74, 6) is 1.07. The summed E-state index contributed by atoms with van der Waals surface area (Å²) in [6, 6.07) is 24.0. The Kier molecular flexibility index (Phi) is 4.13. The highest BCUT2D eigenvalue weighted by molar-refractivity contribution is 5.78. The van der Waals surface area contributed by atoms with Crippen LogP contribution in [0.3, 0.4) is 0 Å². The van der Waals surface area contributed by atoms with Gasteiger partial charge in [0.05, 0.1) is 5.52 Å². The first-order valence-corrected chi connectivity index (χ1v) is 8.31. The minimum Gasteiger partial charge on any atom is -0.453 e. The molecule has 0 amide bonds. The van der Waals surface area contributed by atoms with Crippen molar-refractivity contribution in [1.82, 2.24) is 4.98 Å². The average molecular weight is 327 g/mol. The minimum atomic E-state index is 0.348. The maximum Gasteiger partial charge on any atom is 0.185 e. The number of aldehydes is 1. The molecule has 0 spiro atoms. The van der Waals surface area contributed by atoms with Crippen molar-refractivity contribution in [3.8, 4) is 11.3 Å². The number of furan rings is 1. The van der Waals surface area contributed by atoms with Gasteiger partial charge in [-0.3, -0.25) is 9.78 Å². The van der Waals surface area contributed by atoms with Crippen molar-refractivity contribution in [3.63, 3.8) is 0 Å². The molecule has 122 valence electrons. The molecular weight excluding hydrogens is 310 g/mol. The van der Waals surface area contributed by atoms with E-state index in [-0.39, 0.29) is 0 Å². The summed E-state index contributed by atoms with van der Waals surface area (Å²) in [6.45, 7) is 0. The van der Waals surface area contributed by atoms with Crippen LogP contribution in [-0.2, 0) is 12.8 Å². The standard InChI is InChI=1S/C22H17NO2/c24-15-19-13-14-22(25-19)20-7-3-1-5-16(20)9-11-18-12-10-17-6-2-4-8-21(17)23-18/h1-8,10,12-15H,9,11H2. The third-order valence-electron chi connectivity index (χ3n) is 4.33. The molecule has 0 bridgehead atoms. The van der Waals surface area contributed by atoms with Crippen LogP contribution in [0, 0.1) is 0 Å². The summed E-state index contributed by atoms with van der Waals surface area (Å²) in [5.41, 5.74) is 4.30. The second-order valence-electron chi connectivity index (χ2n) is 5.97. The number of hydrogen-bond donors (Lipinski definition) is 0. The van der Waals surface area contributed by atoms with Gasteiger partial charge in [0.1, 0.15) is 5.76 Å². The Labute approximate surface area is 145 Å². The van der Waals surface area contributed by atoms with Gasteiger partial charge in [0.25, 0.3) is 0 Å². The summed E-state index contributed by atoms with van der Waals surface area (Å²) in [6.07, 6.45) is 2.44. The largest absolute Gasteiger partial charge is 0.453 e. The number of fused-ring (bicyclic) bond motifs is 1.